The van der Waals surface area contributed by atoms with Crippen LogP contribution >= 0.6 is 0 Å². The van der Waals surface area contributed by atoms with Gasteiger partial charge < -0.3 is 19.2 Å². The van der Waals surface area contributed by atoms with E-state index in [1.54, 1.807) is 7.11 Å². The Hall–Kier alpha value is -4.19. The molecule has 5 aromatic rings. The summed E-state index contributed by atoms with van der Waals surface area (Å²) in [5.41, 5.74) is 1.90. The minimum absolute atomic E-state index is 0.0915. The number of halogens is 2. The zero-order chi connectivity index (χ0) is 32.7. The monoisotopic (exact) mass is 642 g/mol. The second kappa shape index (κ2) is 12.2. The molecule has 3 atom stereocenters. The molecule has 8 nitrogen and oxygen atoms in total. The highest BCUT2D eigenvalue weighted by Gasteiger charge is 2.47. The molecule has 1 aliphatic heterocycles. The first-order valence-electron chi connectivity index (χ1n) is 15.2. The van der Waals surface area contributed by atoms with Gasteiger partial charge >= 0.3 is 6.08 Å². The number of imidazole rings is 1. The Kier molecular flexibility index (Phi) is 8.43. The van der Waals surface area contributed by atoms with Gasteiger partial charge in [0.15, 0.2) is 37.7 Å². The summed E-state index contributed by atoms with van der Waals surface area (Å²) in [6, 6.07) is 27.3. The van der Waals surface area contributed by atoms with Crippen LogP contribution in [0.3, 0.4) is 0 Å². The van der Waals surface area contributed by atoms with E-state index in [2.05, 4.69) is 54.1 Å². The van der Waals surface area contributed by atoms with Crippen LogP contribution in [0.5, 0.6) is 5.75 Å². The third-order valence-electron chi connectivity index (χ3n) is 9.09. The molecule has 0 unspecified atom stereocenters. The van der Waals surface area contributed by atoms with Crippen molar-refractivity contribution in [2.75, 3.05) is 12.4 Å². The van der Waals surface area contributed by atoms with Crippen molar-refractivity contribution in [3.63, 3.8) is 0 Å². The quantitative estimate of drug-likeness (QED) is 0.0998. The normalized spacial score (nSPS) is 19.0. The lowest BCUT2D eigenvalue weighted by Crippen LogP contribution is -2.45. The van der Waals surface area contributed by atoms with Crippen molar-refractivity contribution in [3.05, 3.63) is 121 Å². The number of fused-ring (bicyclic) bond motifs is 1. The Morgan fingerprint density at radius 2 is 1.46 bits per heavy atom. The van der Waals surface area contributed by atoms with Crippen molar-refractivity contribution in [3.8, 4) is 5.75 Å². The van der Waals surface area contributed by atoms with Crippen LogP contribution in [-0.2, 0) is 14.7 Å². The summed E-state index contributed by atoms with van der Waals surface area (Å²) in [6.45, 7) is 11.8. The number of hydrogen-bond donors (Lipinski definition) is 1. The maximum Gasteiger partial charge on any atom is 0.312 e. The van der Waals surface area contributed by atoms with Gasteiger partial charge in [0.1, 0.15) is 24.0 Å². The molecular formula is C35H38F2N5O3Si. The fourth-order valence-electron chi connectivity index (χ4n) is 5.57. The summed E-state index contributed by atoms with van der Waals surface area (Å²) in [5.74, 6) is 0.828. The predicted octanol–water partition coefficient (Wildman–Crippen LogP) is 7.80. The van der Waals surface area contributed by atoms with Crippen LogP contribution in [0, 0.1) is 12.7 Å². The van der Waals surface area contributed by atoms with E-state index in [0.717, 1.165) is 16.7 Å². The Bertz CT molecular complexity index is 1760. The van der Waals surface area contributed by atoms with Crippen LogP contribution in [0.15, 0.2) is 91.3 Å². The fourth-order valence-corrected chi connectivity index (χ4v) is 6.79. The van der Waals surface area contributed by atoms with Crippen molar-refractivity contribution in [1.82, 2.24) is 19.5 Å². The number of nitrogens with one attached hydrogen (secondary N) is 1. The van der Waals surface area contributed by atoms with Crippen molar-refractivity contribution in [2.45, 2.75) is 62.9 Å². The number of alkyl halides is 1. The summed E-state index contributed by atoms with van der Waals surface area (Å²) in [7, 11) is -0.695. The van der Waals surface area contributed by atoms with E-state index in [4.69, 9.17) is 13.9 Å². The van der Waals surface area contributed by atoms with E-state index >= 15 is 8.78 Å². The van der Waals surface area contributed by atoms with Crippen LogP contribution < -0.4 is 10.1 Å². The predicted molar refractivity (Wildman–Crippen MR) is 176 cm³/mol. The maximum absolute atomic E-state index is 16.0. The number of rotatable bonds is 9. The van der Waals surface area contributed by atoms with Crippen molar-refractivity contribution >= 4 is 25.3 Å². The highest BCUT2D eigenvalue weighted by Crippen LogP contribution is 2.44. The number of ether oxygens (including phenoxy) is 2. The van der Waals surface area contributed by atoms with Gasteiger partial charge in [-0.1, -0.05) is 93.6 Å². The van der Waals surface area contributed by atoms with E-state index in [1.807, 2.05) is 84.9 Å². The third-order valence-corrected chi connectivity index (χ3v) is 13.6. The number of nitrogens with zero attached hydrogens (tertiary/aromatic N) is 4. The van der Waals surface area contributed by atoms with Gasteiger partial charge in [0.2, 0.25) is 0 Å². The minimum atomic E-state index is -2.31. The molecule has 11 heteroatoms. The maximum atomic E-state index is 16.0. The summed E-state index contributed by atoms with van der Waals surface area (Å²) in [4.78, 5) is 12.8. The Morgan fingerprint density at radius 3 is 2.02 bits per heavy atom. The number of aromatic nitrogens is 4. The van der Waals surface area contributed by atoms with E-state index in [1.165, 1.54) is 17.5 Å². The van der Waals surface area contributed by atoms with Gasteiger partial charge in [-0.2, -0.15) is 14.4 Å². The minimum Gasteiger partial charge on any atom is -0.497 e. The first kappa shape index (κ1) is 31.8. The lowest BCUT2D eigenvalue weighted by atomic mass is 9.77. The molecule has 46 heavy (non-hydrogen) atoms. The van der Waals surface area contributed by atoms with Gasteiger partial charge in [-0.15, -0.1) is 0 Å². The zero-order valence-electron chi connectivity index (χ0n) is 26.7. The summed E-state index contributed by atoms with van der Waals surface area (Å²) < 4.78 is 50.3. The van der Waals surface area contributed by atoms with Crippen LogP contribution in [0.4, 0.5) is 14.6 Å². The summed E-state index contributed by atoms with van der Waals surface area (Å²) in [5, 5.41) is 3.45. The molecule has 0 saturated carbocycles. The van der Waals surface area contributed by atoms with Gasteiger partial charge in [0, 0.05) is 0 Å². The average Bonchev–Trinajstić information content (AvgIpc) is 3.62. The molecule has 3 aromatic carbocycles. The SMILES string of the molecule is COc1ccc(C(Nc2nc(F)nc3c2ncn3[C@@H]2O[CH][C@@H](O[Si](C)(C)C(C)(C)C)[C@@H]2F)(c2ccccc2)c2ccccc2)cc1. The number of hydrogen-bond acceptors (Lipinski definition) is 7. The Morgan fingerprint density at radius 1 is 0.870 bits per heavy atom. The first-order chi connectivity index (χ1) is 21.9. The molecule has 1 fully saturated rings. The van der Waals surface area contributed by atoms with E-state index in [0.29, 0.717) is 5.75 Å². The smallest absolute Gasteiger partial charge is 0.312 e. The number of methoxy groups -OCH3 is 1. The lowest BCUT2D eigenvalue weighted by Gasteiger charge is -2.38. The van der Waals surface area contributed by atoms with Gasteiger partial charge in [-0.05, 0) is 47.0 Å². The summed E-state index contributed by atoms with van der Waals surface area (Å²) in [6.07, 6.45) is -3.17. The van der Waals surface area contributed by atoms with Crippen LogP contribution in [0.25, 0.3) is 11.2 Å². The fraction of sp³-hybridized carbons (Fsp3) is 0.314. The van der Waals surface area contributed by atoms with E-state index in [9.17, 15) is 0 Å². The molecule has 3 heterocycles. The molecule has 1 saturated heterocycles. The molecule has 6 rings (SSSR count). The van der Waals surface area contributed by atoms with Gasteiger partial charge in [0.25, 0.3) is 0 Å². The molecule has 0 bridgehead atoms. The van der Waals surface area contributed by atoms with Crippen LogP contribution in [-0.4, -0.2) is 47.2 Å². The van der Waals surface area contributed by atoms with Crippen LogP contribution in [0.2, 0.25) is 18.1 Å². The molecule has 0 spiro atoms. The zero-order valence-corrected chi connectivity index (χ0v) is 27.7. The van der Waals surface area contributed by atoms with Gasteiger partial charge in [-0.25, -0.2) is 9.37 Å². The topological polar surface area (TPSA) is 83.3 Å². The highest BCUT2D eigenvalue weighted by atomic mass is 28.4. The van der Waals surface area contributed by atoms with Crippen molar-refractivity contribution in [2.24, 2.45) is 0 Å². The lowest BCUT2D eigenvalue weighted by molar-refractivity contribution is 0.0398. The molecule has 0 aliphatic carbocycles. The molecule has 1 radical (unpaired) electrons. The third kappa shape index (κ3) is 5.67. The Balaban J connectivity index is 1.46. The molecule has 0 amide bonds. The largest absolute Gasteiger partial charge is 0.497 e. The molecule has 1 aliphatic rings. The molecule has 239 valence electrons. The second-order valence-electron chi connectivity index (χ2n) is 13.0. The van der Waals surface area contributed by atoms with E-state index in [-0.39, 0.29) is 22.0 Å². The number of anilines is 1. The highest BCUT2D eigenvalue weighted by molar-refractivity contribution is 6.74. The van der Waals surface area contributed by atoms with E-state index < -0.39 is 38.4 Å². The van der Waals surface area contributed by atoms with Gasteiger partial charge in [0.05, 0.1) is 13.4 Å². The second-order valence-corrected chi connectivity index (χ2v) is 17.7. The van der Waals surface area contributed by atoms with Crippen LogP contribution in [0.1, 0.15) is 43.7 Å². The van der Waals surface area contributed by atoms with Gasteiger partial charge in [-0.3, -0.25) is 4.57 Å². The molecule has 2 aromatic heterocycles. The molecular weight excluding hydrogens is 604 g/mol. The average molecular weight is 643 g/mol. The first-order valence-corrected chi connectivity index (χ1v) is 18.1. The molecule has 1 N–H and O–H groups in total. The standard InChI is InChI=1S/C35H38F2N5O3Si/c1-34(2,3)46(5,6)45-27-21-44-32(28(27)36)42-22-38-29-30(39-33(37)40-31(29)42)41-35(23-13-9-7-10-14-23,24-15-11-8-12-16-24)25-17-19-26(43-4)20-18-25/h7-22,27-28,32H,1-6H3,(H,39,40,41)/t27-,28+,32-/m1/s1. The van der Waals surface area contributed by atoms with Crippen molar-refractivity contribution < 1.29 is 22.7 Å². The number of benzene rings is 3. The Labute approximate surface area is 268 Å². The summed E-state index contributed by atoms with van der Waals surface area (Å²) >= 11 is 0. The van der Waals surface area contributed by atoms with Crippen molar-refractivity contribution in [1.29, 1.82) is 0 Å².